The third kappa shape index (κ3) is 1.39. The molecule has 4 nitrogen and oxygen atoms in total. The van der Waals surface area contributed by atoms with Gasteiger partial charge in [-0.05, 0) is 18.9 Å². The lowest BCUT2D eigenvalue weighted by molar-refractivity contribution is 0.949. The van der Waals surface area contributed by atoms with E-state index in [1.54, 1.807) is 6.20 Å². The molecule has 1 aromatic rings. The highest BCUT2D eigenvalue weighted by molar-refractivity contribution is 5.66. The number of aromatic nitrogens is 1. The lowest BCUT2D eigenvalue weighted by Crippen LogP contribution is -2.23. The van der Waals surface area contributed by atoms with Crippen LogP contribution in [0.2, 0.25) is 0 Å². The Morgan fingerprint density at radius 3 is 2.77 bits per heavy atom. The largest absolute Gasteiger partial charge is 0.393 e. The van der Waals surface area contributed by atoms with Crippen LogP contribution in [0.3, 0.4) is 0 Å². The van der Waals surface area contributed by atoms with Crippen LogP contribution in [0, 0.1) is 0 Å². The van der Waals surface area contributed by atoms with E-state index in [2.05, 4.69) is 9.88 Å². The van der Waals surface area contributed by atoms with Gasteiger partial charge in [0.25, 0.3) is 5.56 Å². The second-order valence-corrected chi connectivity index (χ2v) is 3.30. The van der Waals surface area contributed by atoms with Crippen LogP contribution in [0.15, 0.2) is 17.1 Å². The van der Waals surface area contributed by atoms with Crippen molar-refractivity contribution in [2.75, 3.05) is 23.7 Å². The Hall–Kier alpha value is -1.45. The fourth-order valence-electron chi connectivity index (χ4n) is 1.71. The number of nitrogens with one attached hydrogen (secondary N) is 1. The van der Waals surface area contributed by atoms with Crippen LogP contribution in [-0.4, -0.2) is 18.1 Å². The first-order valence-corrected chi connectivity index (χ1v) is 4.51. The maximum absolute atomic E-state index is 11.2. The lowest BCUT2D eigenvalue weighted by atomic mass is 10.3. The van der Waals surface area contributed by atoms with Crippen molar-refractivity contribution in [3.63, 3.8) is 0 Å². The van der Waals surface area contributed by atoms with Gasteiger partial charge >= 0.3 is 0 Å². The summed E-state index contributed by atoms with van der Waals surface area (Å²) in [5, 5.41) is 0. The summed E-state index contributed by atoms with van der Waals surface area (Å²) >= 11 is 0. The Balaban J connectivity index is 2.39. The molecule has 0 aromatic carbocycles. The molecular weight excluding hydrogens is 166 g/mol. The molecule has 1 aromatic heterocycles. The van der Waals surface area contributed by atoms with Crippen molar-refractivity contribution in [2.24, 2.45) is 0 Å². The summed E-state index contributed by atoms with van der Waals surface area (Å²) in [7, 11) is 0. The van der Waals surface area contributed by atoms with Crippen molar-refractivity contribution in [3.8, 4) is 0 Å². The minimum atomic E-state index is -0.190. The van der Waals surface area contributed by atoms with E-state index >= 15 is 0 Å². The highest BCUT2D eigenvalue weighted by Gasteiger charge is 2.15. The zero-order valence-electron chi connectivity index (χ0n) is 7.42. The number of nitrogens with zero attached hydrogens (tertiary/aromatic N) is 1. The molecule has 3 N–H and O–H groups in total. The van der Waals surface area contributed by atoms with Crippen LogP contribution < -0.4 is 16.2 Å². The molecule has 0 spiro atoms. The summed E-state index contributed by atoms with van der Waals surface area (Å²) in [6.07, 6.45) is 4.02. The van der Waals surface area contributed by atoms with Crippen LogP contribution in [-0.2, 0) is 0 Å². The highest BCUT2D eigenvalue weighted by Crippen LogP contribution is 2.22. The molecule has 4 heteroatoms. The van der Waals surface area contributed by atoms with Gasteiger partial charge < -0.3 is 15.6 Å². The summed E-state index contributed by atoms with van der Waals surface area (Å²) < 4.78 is 0. The maximum atomic E-state index is 11.2. The lowest BCUT2D eigenvalue weighted by Gasteiger charge is -2.18. The molecule has 0 bridgehead atoms. The molecule has 70 valence electrons. The Morgan fingerprint density at radius 1 is 1.38 bits per heavy atom. The molecule has 13 heavy (non-hydrogen) atoms. The fraction of sp³-hybridized carbons (Fsp3) is 0.444. The quantitative estimate of drug-likeness (QED) is 0.662. The van der Waals surface area contributed by atoms with Gasteiger partial charge in [-0.2, -0.15) is 0 Å². The van der Waals surface area contributed by atoms with Gasteiger partial charge in [-0.25, -0.2) is 0 Å². The molecule has 0 atom stereocenters. The topological polar surface area (TPSA) is 62.1 Å². The summed E-state index contributed by atoms with van der Waals surface area (Å²) in [6, 6.07) is 1.86. The van der Waals surface area contributed by atoms with E-state index in [1.165, 1.54) is 12.8 Å². The third-order valence-electron chi connectivity index (χ3n) is 2.42. The summed E-state index contributed by atoms with van der Waals surface area (Å²) in [5.41, 5.74) is 6.70. The number of hydrogen-bond acceptors (Lipinski definition) is 3. The Kier molecular flexibility index (Phi) is 1.96. The van der Waals surface area contributed by atoms with E-state index in [0.29, 0.717) is 5.69 Å². The number of hydrogen-bond donors (Lipinski definition) is 2. The van der Waals surface area contributed by atoms with Gasteiger partial charge in [-0.1, -0.05) is 0 Å². The monoisotopic (exact) mass is 179 g/mol. The number of pyridine rings is 1. The number of rotatable bonds is 1. The predicted molar refractivity (Wildman–Crippen MR) is 52.9 cm³/mol. The minimum Gasteiger partial charge on any atom is -0.393 e. The standard InChI is InChI=1S/C9H13N3O/c10-8-7(3-4-11-9(8)13)12-5-1-2-6-12/h3-4H,1-2,5-6,10H2,(H,11,13). The Labute approximate surface area is 76.4 Å². The molecule has 2 heterocycles. The van der Waals surface area contributed by atoms with Crippen LogP contribution in [0.5, 0.6) is 0 Å². The number of anilines is 2. The van der Waals surface area contributed by atoms with Crippen molar-refractivity contribution in [1.29, 1.82) is 0 Å². The molecular formula is C9H13N3O. The minimum absolute atomic E-state index is 0.190. The first-order chi connectivity index (χ1) is 6.29. The van der Waals surface area contributed by atoms with Crippen molar-refractivity contribution in [3.05, 3.63) is 22.6 Å². The second-order valence-electron chi connectivity index (χ2n) is 3.30. The number of nitrogens with two attached hydrogens (primary N) is 1. The first-order valence-electron chi connectivity index (χ1n) is 4.51. The van der Waals surface area contributed by atoms with Gasteiger partial charge in [0.1, 0.15) is 5.69 Å². The van der Waals surface area contributed by atoms with Crippen LogP contribution >= 0.6 is 0 Å². The van der Waals surface area contributed by atoms with E-state index in [4.69, 9.17) is 5.73 Å². The van der Waals surface area contributed by atoms with Gasteiger partial charge in [0.15, 0.2) is 0 Å². The molecule has 1 fully saturated rings. The van der Waals surface area contributed by atoms with Crippen LogP contribution in [0.25, 0.3) is 0 Å². The van der Waals surface area contributed by atoms with Crippen molar-refractivity contribution in [1.82, 2.24) is 4.98 Å². The summed E-state index contributed by atoms with van der Waals surface area (Å²) in [5.74, 6) is 0. The number of nitrogen functional groups attached to an aromatic ring is 1. The van der Waals surface area contributed by atoms with Gasteiger partial charge in [0, 0.05) is 19.3 Å². The molecule has 0 amide bonds. The van der Waals surface area contributed by atoms with Crippen LogP contribution in [0.4, 0.5) is 11.4 Å². The Bertz CT molecular complexity index is 352. The second kappa shape index (κ2) is 3.12. The van der Waals surface area contributed by atoms with Crippen molar-refractivity contribution in [2.45, 2.75) is 12.8 Å². The third-order valence-corrected chi connectivity index (χ3v) is 2.42. The Morgan fingerprint density at radius 2 is 2.08 bits per heavy atom. The molecule has 1 aliphatic rings. The molecule has 2 rings (SSSR count). The molecule has 1 saturated heterocycles. The zero-order chi connectivity index (χ0) is 9.26. The van der Waals surface area contributed by atoms with Gasteiger partial charge in [-0.15, -0.1) is 0 Å². The van der Waals surface area contributed by atoms with Crippen molar-refractivity contribution < 1.29 is 0 Å². The van der Waals surface area contributed by atoms with E-state index in [1.807, 2.05) is 6.07 Å². The van der Waals surface area contributed by atoms with E-state index < -0.39 is 0 Å². The highest BCUT2D eigenvalue weighted by atomic mass is 16.1. The smallest absolute Gasteiger partial charge is 0.273 e. The number of aromatic amines is 1. The average Bonchev–Trinajstić information content (AvgIpc) is 2.62. The molecule has 0 radical (unpaired) electrons. The first kappa shape index (κ1) is 8.16. The zero-order valence-corrected chi connectivity index (χ0v) is 7.42. The maximum Gasteiger partial charge on any atom is 0.273 e. The fourth-order valence-corrected chi connectivity index (χ4v) is 1.71. The van der Waals surface area contributed by atoms with Crippen molar-refractivity contribution >= 4 is 11.4 Å². The molecule has 0 unspecified atom stereocenters. The van der Waals surface area contributed by atoms with Gasteiger partial charge in [0.05, 0.1) is 5.69 Å². The van der Waals surface area contributed by atoms with Crippen LogP contribution in [0.1, 0.15) is 12.8 Å². The normalized spacial score (nSPS) is 16.5. The molecule has 1 aliphatic heterocycles. The SMILES string of the molecule is Nc1c(N2CCCC2)cc[nH]c1=O. The molecule has 0 saturated carbocycles. The average molecular weight is 179 g/mol. The van der Waals surface area contributed by atoms with E-state index in [9.17, 15) is 4.79 Å². The van der Waals surface area contributed by atoms with Gasteiger partial charge in [0.2, 0.25) is 0 Å². The van der Waals surface area contributed by atoms with E-state index in [0.717, 1.165) is 18.8 Å². The number of H-pyrrole nitrogens is 1. The van der Waals surface area contributed by atoms with Gasteiger partial charge in [-0.3, -0.25) is 4.79 Å². The summed E-state index contributed by atoms with van der Waals surface area (Å²) in [4.78, 5) is 15.9. The van der Waals surface area contributed by atoms with E-state index in [-0.39, 0.29) is 5.56 Å². The summed E-state index contributed by atoms with van der Waals surface area (Å²) in [6.45, 7) is 2.02. The molecule has 0 aliphatic carbocycles. The predicted octanol–water partition coefficient (Wildman–Crippen LogP) is 0.557.